The molecule has 3 aromatic rings. The number of carbonyl (C=O) groups is 1. The number of ether oxygens (including phenoxy) is 1. The third kappa shape index (κ3) is 6.48. The van der Waals surface area contributed by atoms with E-state index in [9.17, 15) is 18.3 Å². The lowest BCUT2D eigenvalue weighted by Gasteiger charge is -2.24. The zero-order chi connectivity index (χ0) is 31.3. The number of imidazole rings is 1. The van der Waals surface area contributed by atoms with Gasteiger partial charge in [0.1, 0.15) is 11.9 Å². The normalized spacial score (nSPS) is 16.0. The Kier molecular flexibility index (Phi) is 7.92. The van der Waals surface area contributed by atoms with Crippen molar-refractivity contribution in [2.24, 2.45) is 13.0 Å². The number of aryl methyl sites for hydroxylation is 1. The zero-order valence-corrected chi connectivity index (χ0v) is 26.3. The van der Waals surface area contributed by atoms with E-state index >= 15 is 0 Å². The van der Waals surface area contributed by atoms with Gasteiger partial charge in [-0.2, -0.15) is 0 Å². The van der Waals surface area contributed by atoms with E-state index in [2.05, 4.69) is 26.0 Å². The molecule has 1 aliphatic carbocycles. The van der Waals surface area contributed by atoms with Crippen LogP contribution in [0, 0.1) is 12.8 Å². The Balaban J connectivity index is 1.43. The van der Waals surface area contributed by atoms with Gasteiger partial charge in [-0.1, -0.05) is 26.8 Å². The van der Waals surface area contributed by atoms with Crippen LogP contribution < -0.4 is 30.7 Å². The van der Waals surface area contributed by atoms with Gasteiger partial charge in [-0.15, -0.1) is 5.53 Å². The molecule has 1 saturated carbocycles. The number of aliphatic hydroxyl groups is 1. The maximum atomic E-state index is 13.6. The van der Waals surface area contributed by atoms with Gasteiger partial charge in [0.05, 0.1) is 54.2 Å². The molecule has 0 bridgehead atoms. The Labute approximate surface area is 252 Å². The molecule has 230 valence electrons. The summed E-state index contributed by atoms with van der Waals surface area (Å²) in [6.07, 6.45) is 6.10. The predicted molar refractivity (Wildman–Crippen MR) is 167 cm³/mol. The van der Waals surface area contributed by atoms with E-state index in [1.54, 1.807) is 35.5 Å². The summed E-state index contributed by atoms with van der Waals surface area (Å²) in [7, 11) is -0.302. The van der Waals surface area contributed by atoms with E-state index in [0.717, 1.165) is 47.3 Å². The zero-order valence-electron chi connectivity index (χ0n) is 25.4. The summed E-state index contributed by atoms with van der Waals surface area (Å²) in [5, 5.41) is 15.3. The number of anilines is 3. The highest BCUT2D eigenvalue weighted by atomic mass is 32.2. The van der Waals surface area contributed by atoms with Crippen molar-refractivity contribution in [1.29, 1.82) is 0 Å². The topological polar surface area (TPSA) is 150 Å². The van der Waals surface area contributed by atoms with Gasteiger partial charge in [-0.05, 0) is 66.5 Å². The fourth-order valence-electron chi connectivity index (χ4n) is 5.00. The molecule has 1 fully saturated rings. The first-order chi connectivity index (χ1) is 20.2. The highest BCUT2D eigenvalue weighted by molar-refractivity contribution is 7.92. The third-order valence-corrected chi connectivity index (χ3v) is 8.23. The minimum absolute atomic E-state index is 0.208. The molecule has 2 aromatic carbocycles. The van der Waals surface area contributed by atoms with Crippen LogP contribution in [0.1, 0.15) is 72.7 Å². The lowest BCUT2D eigenvalue weighted by Crippen LogP contribution is -2.36. The molecule has 5 rings (SSSR count). The van der Waals surface area contributed by atoms with Gasteiger partial charge in [0.25, 0.3) is 5.91 Å². The molecule has 2 aliphatic rings. The molecule has 1 aromatic heterocycles. The van der Waals surface area contributed by atoms with Crippen LogP contribution >= 0.6 is 0 Å². The maximum Gasteiger partial charge on any atom is 0.255 e. The smallest absolute Gasteiger partial charge is 0.255 e. The number of nitrogens with zero attached hydrogens (tertiary/aromatic N) is 3. The van der Waals surface area contributed by atoms with Crippen LogP contribution in [0.25, 0.3) is 5.70 Å². The van der Waals surface area contributed by atoms with Crippen molar-refractivity contribution in [3.05, 3.63) is 70.9 Å². The standard InChI is InChI=1S/C30H39N7O5S/c1-17-8-9-19(29(39)32-21-13-20(30(2,3)4)14-22(27(21)42-6)34-43(7,40)41)12-24(17)37-16-23(33-35-37)25-15-31-28(36(25)5)26(38)18-10-11-18/h8-9,12-16,18,26,33-35,38H,10-11H2,1-7H3,(H,32,39). The van der Waals surface area contributed by atoms with E-state index in [1.807, 2.05) is 51.6 Å². The largest absolute Gasteiger partial charge is 0.492 e. The molecule has 1 aliphatic heterocycles. The summed E-state index contributed by atoms with van der Waals surface area (Å²) in [5.74, 6) is 0.718. The summed E-state index contributed by atoms with van der Waals surface area (Å²) in [6.45, 7) is 7.93. The van der Waals surface area contributed by atoms with E-state index in [1.165, 1.54) is 7.11 Å². The van der Waals surface area contributed by atoms with Gasteiger partial charge >= 0.3 is 0 Å². The van der Waals surface area contributed by atoms with E-state index in [0.29, 0.717) is 17.1 Å². The second-order valence-electron chi connectivity index (χ2n) is 12.2. The summed E-state index contributed by atoms with van der Waals surface area (Å²) in [4.78, 5) is 18.0. The lowest BCUT2D eigenvalue weighted by molar-refractivity contribution is 0.102. The van der Waals surface area contributed by atoms with Gasteiger partial charge in [-0.3, -0.25) is 20.0 Å². The second-order valence-corrected chi connectivity index (χ2v) is 13.9. The number of hydrazine groups is 2. The molecule has 0 spiro atoms. The number of hydrogen-bond acceptors (Lipinski definition) is 9. The molecular formula is C30H39N7O5S. The minimum Gasteiger partial charge on any atom is -0.492 e. The molecule has 43 heavy (non-hydrogen) atoms. The highest BCUT2D eigenvalue weighted by Crippen LogP contribution is 2.41. The summed E-state index contributed by atoms with van der Waals surface area (Å²) < 4.78 is 34.1. The number of aliphatic hydroxyl groups excluding tert-OH is 1. The van der Waals surface area contributed by atoms with Crippen LogP contribution in [0.4, 0.5) is 17.1 Å². The van der Waals surface area contributed by atoms with Crippen molar-refractivity contribution < 1.29 is 23.1 Å². The number of benzene rings is 2. The van der Waals surface area contributed by atoms with Crippen molar-refractivity contribution in [3.63, 3.8) is 0 Å². The van der Waals surface area contributed by atoms with Crippen LogP contribution in [0.5, 0.6) is 5.75 Å². The molecule has 0 radical (unpaired) electrons. The first kappa shape index (κ1) is 30.4. The number of carbonyl (C=O) groups excluding carboxylic acids is 1. The van der Waals surface area contributed by atoms with Crippen LogP contribution in [0.3, 0.4) is 0 Å². The molecular weight excluding hydrogens is 570 g/mol. The molecule has 12 nitrogen and oxygen atoms in total. The average Bonchev–Trinajstić information content (AvgIpc) is 3.54. The number of amides is 1. The first-order valence-corrected chi connectivity index (χ1v) is 15.9. The quantitative estimate of drug-likeness (QED) is 0.243. The number of rotatable bonds is 9. The van der Waals surface area contributed by atoms with Crippen LogP contribution in [0.2, 0.25) is 0 Å². The van der Waals surface area contributed by atoms with Crippen molar-refractivity contribution in [1.82, 2.24) is 20.5 Å². The van der Waals surface area contributed by atoms with Gasteiger partial charge in [-0.25, -0.2) is 13.4 Å². The number of aromatic nitrogens is 2. The van der Waals surface area contributed by atoms with Crippen LogP contribution in [-0.4, -0.2) is 42.3 Å². The van der Waals surface area contributed by atoms with Crippen molar-refractivity contribution >= 4 is 38.7 Å². The Hall–Kier alpha value is -4.07. The van der Waals surface area contributed by atoms with E-state index in [4.69, 9.17) is 4.74 Å². The van der Waals surface area contributed by atoms with Gasteiger partial charge in [0.2, 0.25) is 10.0 Å². The molecule has 13 heteroatoms. The second kappa shape index (κ2) is 11.2. The summed E-state index contributed by atoms with van der Waals surface area (Å²) in [6, 6.07) is 8.85. The predicted octanol–water partition coefficient (Wildman–Crippen LogP) is 3.93. The molecule has 1 atom stereocenters. The summed E-state index contributed by atoms with van der Waals surface area (Å²) in [5.41, 5.74) is 11.0. The van der Waals surface area contributed by atoms with Crippen molar-refractivity contribution in [3.8, 4) is 5.75 Å². The number of methoxy groups -OCH3 is 1. The fourth-order valence-corrected chi connectivity index (χ4v) is 5.55. The van der Waals surface area contributed by atoms with Crippen molar-refractivity contribution in [2.75, 3.05) is 28.4 Å². The first-order valence-electron chi connectivity index (χ1n) is 14.0. The van der Waals surface area contributed by atoms with Crippen molar-refractivity contribution in [2.45, 2.75) is 52.1 Å². The molecule has 1 amide bonds. The maximum absolute atomic E-state index is 13.6. The minimum atomic E-state index is -3.61. The SMILES string of the molecule is COc1c(NC(=O)c2ccc(C)c(N3C=C(c4cnc(C(O)C5CC5)n4C)NN3)c2)cc(C(C)(C)C)cc1NS(C)(=O)=O. The molecule has 2 heterocycles. The highest BCUT2D eigenvalue weighted by Gasteiger charge is 2.34. The van der Waals surface area contributed by atoms with Crippen LogP contribution in [0.15, 0.2) is 42.7 Å². The lowest BCUT2D eigenvalue weighted by atomic mass is 9.86. The summed E-state index contributed by atoms with van der Waals surface area (Å²) >= 11 is 0. The average molecular weight is 610 g/mol. The Bertz CT molecular complexity index is 1700. The third-order valence-electron chi connectivity index (χ3n) is 7.64. The fraction of sp³-hybridized carbons (Fsp3) is 0.400. The van der Waals surface area contributed by atoms with E-state index < -0.39 is 22.0 Å². The number of sulfonamides is 1. The molecule has 0 saturated heterocycles. The number of nitrogens with one attached hydrogen (secondary N) is 4. The monoisotopic (exact) mass is 609 g/mol. The molecule has 1 unspecified atom stereocenters. The number of hydrogen-bond donors (Lipinski definition) is 5. The molecule has 5 N–H and O–H groups in total. The van der Waals surface area contributed by atoms with E-state index in [-0.39, 0.29) is 22.8 Å². The van der Waals surface area contributed by atoms with Gasteiger partial charge in [0, 0.05) is 12.6 Å². The Morgan fingerprint density at radius 1 is 1.19 bits per heavy atom. The van der Waals surface area contributed by atoms with Gasteiger partial charge < -0.3 is 19.7 Å². The Morgan fingerprint density at radius 2 is 1.88 bits per heavy atom. The Morgan fingerprint density at radius 3 is 2.51 bits per heavy atom. The van der Waals surface area contributed by atoms with Gasteiger partial charge in [0.15, 0.2) is 5.75 Å². The van der Waals surface area contributed by atoms with Crippen LogP contribution in [-0.2, 0) is 22.5 Å².